The zero-order valence-electron chi connectivity index (χ0n) is 8.25. The molecule has 1 aliphatic carbocycles. The van der Waals surface area contributed by atoms with Gasteiger partial charge in [-0.3, -0.25) is 4.79 Å². The van der Waals surface area contributed by atoms with Crippen LogP contribution in [0.3, 0.4) is 0 Å². The van der Waals surface area contributed by atoms with E-state index in [9.17, 15) is 4.79 Å². The predicted octanol–water partition coefficient (Wildman–Crippen LogP) is 0.299. The highest BCUT2D eigenvalue weighted by Gasteiger charge is 2.54. The van der Waals surface area contributed by atoms with Crippen LogP contribution in [0.15, 0.2) is 0 Å². The van der Waals surface area contributed by atoms with Gasteiger partial charge in [-0.2, -0.15) is 5.26 Å². The van der Waals surface area contributed by atoms with Crippen molar-refractivity contribution in [1.82, 2.24) is 5.32 Å². The van der Waals surface area contributed by atoms with E-state index in [2.05, 4.69) is 16.1 Å². The summed E-state index contributed by atoms with van der Waals surface area (Å²) in [5.74, 6) is -0.0293. The minimum Gasteiger partial charge on any atom is -0.469 e. The first kappa shape index (κ1) is 9.47. The van der Waals surface area contributed by atoms with Gasteiger partial charge in [-0.25, -0.2) is 0 Å². The summed E-state index contributed by atoms with van der Waals surface area (Å²) in [6.45, 7) is 1.64. The quantitative estimate of drug-likeness (QED) is 0.610. The number of nitriles is 1. The largest absolute Gasteiger partial charge is 0.469 e. The van der Waals surface area contributed by atoms with Crippen molar-refractivity contribution in [2.24, 2.45) is 17.3 Å². The van der Waals surface area contributed by atoms with Gasteiger partial charge >= 0.3 is 5.97 Å². The fourth-order valence-corrected chi connectivity index (χ4v) is 2.67. The third kappa shape index (κ3) is 1.20. The molecule has 0 aromatic heterocycles. The predicted molar refractivity (Wildman–Crippen MR) is 49.1 cm³/mol. The van der Waals surface area contributed by atoms with E-state index in [1.54, 1.807) is 0 Å². The SMILES string of the molecule is COC(=O)C1CC2(CNCC2C#N)C1. The highest BCUT2D eigenvalue weighted by Crippen LogP contribution is 2.52. The fraction of sp³-hybridized carbons (Fsp3) is 0.800. The number of ether oxygens (including phenoxy) is 1. The van der Waals surface area contributed by atoms with Crippen molar-refractivity contribution in [3.63, 3.8) is 0 Å². The zero-order valence-corrected chi connectivity index (χ0v) is 8.25. The lowest BCUT2D eigenvalue weighted by molar-refractivity contribution is -0.154. The van der Waals surface area contributed by atoms with Gasteiger partial charge < -0.3 is 10.1 Å². The first-order valence-electron chi connectivity index (χ1n) is 4.90. The minimum atomic E-state index is -0.126. The average molecular weight is 194 g/mol. The molecule has 14 heavy (non-hydrogen) atoms. The van der Waals surface area contributed by atoms with Crippen molar-refractivity contribution in [1.29, 1.82) is 5.26 Å². The first-order chi connectivity index (χ1) is 6.72. The van der Waals surface area contributed by atoms with E-state index in [1.807, 2.05) is 0 Å². The number of hydrogen-bond donors (Lipinski definition) is 1. The van der Waals surface area contributed by atoms with E-state index in [0.717, 1.165) is 25.9 Å². The lowest BCUT2D eigenvalue weighted by atomic mass is 9.57. The molecule has 2 aliphatic rings. The topological polar surface area (TPSA) is 62.1 Å². The maximum absolute atomic E-state index is 11.2. The number of carbonyl (C=O) groups excluding carboxylic acids is 1. The highest BCUT2D eigenvalue weighted by molar-refractivity contribution is 5.73. The molecule has 0 bridgehead atoms. The van der Waals surface area contributed by atoms with E-state index in [0.29, 0.717) is 0 Å². The second-order valence-corrected chi connectivity index (χ2v) is 4.30. The van der Waals surface area contributed by atoms with E-state index < -0.39 is 0 Å². The molecule has 2 rings (SSSR count). The zero-order chi connectivity index (χ0) is 10.2. The molecular formula is C10H14N2O2. The molecule has 2 fully saturated rings. The molecule has 0 amide bonds. The number of nitrogens with one attached hydrogen (secondary N) is 1. The summed E-state index contributed by atoms with van der Waals surface area (Å²) in [7, 11) is 1.42. The Morgan fingerprint density at radius 2 is 2.36 bits per heavy atom. The Morgan fingerprint density at radius 3 is 2.93 bits per heavy atom. The summed E-state index contributed by atoms with van der Waals surface area (Å²) in [5, 5.41) is 12.2. The molecule has 1 saturated carbocycles. The monoisotopic (exact) mass is 194 g/mol. The van der Waals surface area contributed by atoms with Crippen LogP contribution in [-0.2, 0) is 9.53 Å². The van der Waals surface area contributed by atoms with Gasteiger partial charge in [0.2, 0.25) is 0 Å². The molecule has 4 heteroatoms. The molecule has 1 heterocycles. The number of nitrogens with zero attached hydrogens (tertiary/aromatic N) is 1. The Hall–Kier alpha value is -1.08. The van der Waals surface area contributed by atoms with Crippen LogP contribution in [0.4, 0.5) is 0 Å². The van der Waals surface area contributed by atoms with Crippen LogP contribution in [0.5, 0.6) is 0 Å². The number of carbonyl (C=O) groups is 1. The number of esters is 1. The standard InChI is InChI=1S/C10H14N2O2/c1-14-9(13)7-2-10(3-7)6-12-5-8(10)4-11/h7-8,12H,2-3,5-6H2,1H3. The summed E-state index contributed by atoms with van der Waals surface area (Å²) in [6, 6.07) is 2.32. The Bertz CT molecular complexity index is 289. The van der Waals surface area contributed by atoms with Crippen molar-refractivity contribution in [3.8, 4) is 6.07 Å². The third-order valence-electron chi connectivity index (χ3n) is 3.56. The number of hydrogen-bond acceptors (Lipinski definition) is 4. The van der Waals surface area contributed by atoms with Crippen molar-refractivity contribution >= 4 is 5.97 Å². The van der Waals surface area contributed by atoms with Crippen LogP contribution in [-0.4, -0.2) is 26.2 Å². The van der Waals surface area contributed by atoms with E-state index in [-0.39, 0.29) is 23.2 Å². The molecule has 1 unspecified atom stereocenters. The molecule has 1 aliphatic heterocycles. The Morgan fingerprint density at radius 1 is 1.64 bits per heavy atom. The fourth-order valence-electron chi connectivity index (χ4n) is 2.67. The number of rotatable bonds is 1. The van der Waals surface area contributed by atoms with Crippen molar-refractivity contribution < 1.29 is 9.53 Å². The molecule has 1 N–H and O–H groups in total. The van der Waals surface area contributed by atoms with Crippen LogP contribution >= 0.6 is 0 Å². The van der Waals surface area contributed by atoms with Crippen LogP contribution < -0.4 is 5.32 Å². The van der Waals surface area contributed by atoms with Crippen LogP contribution in [0.25, 0.3) is 0 Å². The van der Waals surface area contributed by atoms with Crippen molar-refractivity contribution in [2.45, 2.75) is 12.8 Å². The van der Waals surface area contributed by atoms with Gasteiger partial charge in [-0.1, -0.05) is 0 Å². The molecule has 1 atom stereocenters. The minimum absolute atomic E-state index is 0.0238. The lowest BCUT2D eigenvalue weighted by Crippen LogP contribution is -2.46. The molecular weight excluding hydrogens is 180 g/mol. The molecule has 1 saturated heterocycles. The van der Waals surface area contributed by atoms with Gasteiger partial charge in [0.05, 0.1) is 25.0 Å². The van der Waals surface area contributed by atoms with Crippen LogP contribution in [0.1, 0.15) is 12.8 Å². The van der Waals surface area contributed by atoms with Crippen LogP contribution in [0, 0.1) is 28.6 Å². The van der Waals surface area contributed by atoms with E-state index in [4.69, 9.17) is 5.26 Å². The van der Waals surface area contributed by atoms with Gasteiger partial charge in [0, 0.05) is 18.5 Å². The summed E-state index contributed by atoms with van der Waals surface area (Å²) in [5.41, 5.74) is 0.0631. The van der Waals surface area contributed by atoms with Gasteiger partial charge in [-0.15, -0.1) is 0 Å². The second kappa shape index (κ2) is 3.25. The molecule has 0 radical (unpaired) electrons. The van der Waals surface area contributed by atoms with Gasteiger partial charge in [0.25, 0.3) is 0 Å². The van der Waals surface area contributed by atoms with Gasteiger partial charge in [0.15, 0.2) is 0 Å². The molecule has 1 spiro atoms. The Labute approximate surface area is 83.2 Å². The van der Waals surface area contributed by atoms with Gasteiger partial charge in [-0.05, 0) is 12.8 Å². The lowest BCUT2D eigenvalue weighted by Gasteiger charge is -2.45. The first-order valence-corrected chi connectivity index (χ1v) is 4.90. The maximum atomic E-state index is 11.2. The molecule has 0 aromatic carbocycles. The molecule has 76 valence electrons. The van der Waals surface area contributed by atoms with Gasteiger partial charge in [0.1, 0.15) is 0 Å². The highest BCUT2D eigenvalue weighted by atomic mass is 16.5. The third-order valence-corrected chi connectivity index (χ3v) is 3.56. The van der Waals surface area contributed by atoms with E-state index in [1.165, 1.54) is 7.11 Å². The summed E-state index contributed by atoms with van der Waals surface area (Å²) in [6.07, 6.45) is 1.62. The van der Waals surface area contributed by atoms with Crippen LogP contribution in [0.2, 0.25) is 0 Å². The van der Waals surface area contributed by atoms with Crippen molar-refractivity contribution in [3.05, 3.63) is 0 Å². The Balaban J connectivity index is 1.98. The molecule has 0 aromatic rings. The summed E-state index contributed by atoms with van der Waals surface area (Å²) < 4.78 is 4.68. The maximum Gasteiger partial charge on any atom is 0.308 e. The normalized spacial score (nSPS) is 40.3. The van der Waals surface area contributed by atoms with E-state index >= 15 is 0 Å². The molecule has 4 nitrogen and oxygen atoms in total. The average Bonchev–Trinajstić information content (AvgIpc) is 2.57. The second-order valence-electron chi connectivity index (χ2n) is 4.30. The summed E-state index contributed by atoms with van der Waals surface area (Å²) >= 11 is 0. The van der Waals surface area contributed by atoms with Crippen molar-refractivity contribution in [2.75, 3.05) is 20.2 Å². The Kier molecular flexibility index (Phi) is 2.20. The number of methoxy groups -OCH3 is 1. The smallest absolute Gasteiger partial charge is 0.308 e. The summed E-state index contributed by atoms with van der Waals surface area (Å²) in [4.78, 5) is 11.2.